The number of fused-ring (bicyclic) bond motifs is 1. The number of hydrogen-bond donors (Lipinski definition) is 1. The van der Waals surface area contributed by atoms with Crippen molar-refractivity contribution in [3.63, 3.8) is 0 Å². The first kappa shape index (κ1) is 11.3. The zero-order valence-electron chi connectivity index (χ0n) is 9.07. The van der Waals surface area contributed by atoms with Crippen molar-refractivity contribution in [1.82, 2.24) is 5.32 Å². The fraction of sp³-hybridized carbons (Fsp3) is 0.417. The Kier molecular flexibility index (Phi) is 3.34. The highest BCUT2D eigenvalue weighted by molar-refractivity contribution is 6.30. The average Bonchev–Trinajstić information content (AvgIpc) is 2.68. The van der Waals surface area contributed by atoms with E-state index in [1.807, 2.05) is 24.3 Å². The number of nitrogens with one attached hydrogen (secondary N) is 1. The minimum Gasteiger partial charge on any atom is -0.488 e. The monoisotopic (exact) mass is 239 g/mol. The second-order valence-corrected chi connectivity index (χ2v) is 4.57. The summed E-state index contributed by atoms with van der Waals surface area (Å²) in [6.45, 7) is 2.16. The summed E-state index contributed by atoms with van der Waals surface area (Å²) in [4.78, 5) is 11.3. The lowest BCUT2D eigenvalue weighted by molar-refractivity contribution is -0.120. The first-order valence-corrected chi connectivity index (χ1v) is 5.77. The Hall–Kier alpha value is -1.22. The van der Waals surface area contributed by atoms with Gasteiger partial charge < -0.3 is 10.1 Å². The number of amides is 1. The van der Waals surface area contributed by atoms with E-state index in [1.54, 1.807) is 6.92 Å². The van der Waals surface area contributed by atoms with Gasteiger partial charge in [-0.3, -0.25) is 4.79 Å². The third kappa shape index (κ3) is 2.47. The van der Waals surface area contributed by atoms with Gasteiger partial charge in [0.1, 0.15) is 17.2 Å². The molecule has 0 bridgehead atoms. The van der Waals surface area contributed by atoms with Gasteiger partial charge in [0.05, 0.1) is 6.54 Å². The minimum absolute atomic E-state index is 0.0248. The van der Waals surface area contributed by atoms with Gasteiger partial charge in [-0.05, 0) is 18.6 Å². The summed E-state index contributed by atoms with van der Waals surface area (Å²) >= 11 is 5.65. The Balaban J connectivity index is 1.86. The van der Waals surface area contributed by atoms with Crippen LogP contribution in [0.2, 0.25) is 0 Å². The molecule has 2 rings (SSSR count). The van der Waals surface area contributed by atoms with Crippen molar-refractivity contribution in [3.8, 4) is 5.75 Å². The maximum Gasteiger partial charge on any atom is 0.237 e. The maximum atomic E-state index is 11.3. The number of alkyl halides is 1. The molecule has 1 aromatic carbocycles. The van der Waals surface area contributed by atoms with E-state index in [-0.39, 0.29) is 12.0 Å². The predicted molar refractivity (Wildman–Crippen MR) is 62.9 cm³/mol. The molecule has 2 atom stereocenters. The second kappa shape index (κ2) is 4.74. The molecule has 0 saturated heterocycles. The van der Waals surface area contributed by atoms with Gasteiger partial charge in [-0.25, -0.2) is 0 Å². The largest absolute Gasteiger partial charge is 0.488 e. The Morgan fingerprint density at radius 3 is 3.06 bits per heavy atom. The fourth-order valence-corrected chi connectivity index (χ4v) is 1.80. The Bertz CT molecular complexity index is 367. The quantitative estimate of drug-likeness (QED) is 0.816. The molecule has 4 heteroatoms. The second-order valence-electron chi connectivity index (χ2n) is 3.91. The molecule has 0 aliphatic carbocycles. The number of halogens is 1. The molecule has 1 aliphatic rings. The van der Waals surface area contributed by atoms with Gasteiger partial charge in [0, 0.05) is 6.42 Å². The van der Waals surface area contributed by atoms with Crippen LogP contribution in [0.25, 0.3) is 0 Å². The standard InChI is InChI=1S/C12H14ClNO2/c1-8(13)12(15)14-7-10-6-9-4-2-3-5-11(9)16-10/h2-5,8,10H,6-7H2,1H3,(H,14,15). The normalized spacial score (nSPS) is 19.8. The molecule has 86 valence electrons. The van der Waals surface area contributed by atoms with Crippen LogP contribution in [0.3, 0.4) is 0 Å². The molecule has 0 spiro atoms. The van der Waals surface area contributed by atoms with Gasteiger partial charge in [0.2, 0.25) is 5.91 Å². The lowest BCUT2D eigenvalue weighted by Crippen LogP contribution is -2.37. The van der Waals surface area contributed by atoms with E-state index in [9.17, 15) is 4.79 Å². The SMILES string of the molecule is CC(Cl)C(=O)NCC1Cc2ccccc2O1. The van der Waals surface area contributed by atoms with Crippen LogP contribution in [0.1, 0.15) is 12.5 Å². The summed E-state index contributed by atoms with van der Waals surface area (Å²) in [5.74, 6) is 0.766. The van der Waals surface area contributed by atoms with Crippen molar-refractivity contribution in [2.75, 3.05) is 6.54 Å². The molecule has 1 heterocycles. The lowest BCUT2D eigenvalue weighted by atomic mass is 10.1. The molecule has 3 nitrogen and oxygen atoms in total. The van der Waals surface area contributed by atoms with Crippen LogP contribution in [-0.4, -0.2) is 23.9 Å². The molecule has 1 aliphatic heterocycles. The van der Waals surface area contributed by atoms with Crippen LogP contribution < -0.4 is 10.1 Å². The molecule has 0 aromatic heterocycles. The van der Waals surface area contributed by atoms with Crippen LogP contribution >= 0.6 is 11.6 Å². The first-order chi connectivity index (χ1) is 7.66. The highest BCUT2D eigenvalue weighted by Gasteiger charge is 2.23. The molecule has 16 heavy (non-hydrogen) atoms. The van der Waals surface area contributed by atoms with Crippen LogP contribution in [0.5, 0.6) is 5.75 Å². The van der Waals surface area contributed by atoms with Gasteiger partial charge in [-0.15, -0.1) is 11.6 Å². The molecule has 1 N–H and O–H groups in total. The minimum atomic E-state index is -0.497. The third-order valence-electron chi connectivity index (χ3n) is 2.58. The summed E-state index contributed by atoms with van der Waals surface area (Å²) in [5.41, 5.74) is 1.20. The summed E-state index contributed by atoms with van der Waals surface area (Å²) in [6, 6.07) is 7.92. The van der Waals surface area contributed by atoms with Gasteiger partial charge in [0.25, 0.3) is 0 Å². The van der Waals surface area contributed by atoms with Crippen molar-refractivity contribution < 1.29 is 9.53 Å². The van der Waals surface area contributed by atoms with E-state index in [2.05, 4.69) is 5.32 Å². The van der Waals surface area contributed by atoms with Crippen molar-refractivity contribution in [2.24, 2.45) is 0 Å². The van der Waals surface area contributed by atoms with E-state index in [1.165, 1.54) is 5.56 Å². The van der Waals surface area contributed by atoms with E-state index >= 15 is 0 Å². The van der Waals surface area contributed by atoms with Crippen molar-refractivity contribution in [2.45, 2.75) is 24.8 Å². The third-order valence-corrected chi connectivity index (χ3v) is 2.78. The first-order valence-electron chi connectivity index (χ1n) is 5.33. The molecule has 2 unspecified atom stereocenters. The molecule has 0 radical (unpaired) electrons. The van der Waals surface area contributed by atoms with E-state index in [4.69, 9.17) is 16.3 Å². The Morgan fingerprint density at radius 1 is 1.62 bits per heavy atom. The zero-order valence-corrected chi connectivity index (χ0v) is 9.83. The van der Waals surface area contributed by atoms with Crippen LogP contribution in [-0.2, 0) is 11.2 Å². The number of hydrogen-bond acceptors (Lipinski definition) is 2. The van der Waals surface area contributed by atoms with Crippen LogP contribution in [0, 0.1) is 0 Å². The van der Waals surface area contributed by atoms with E-state index < -0.39 is 5.38 Å². The predicted octanol–water partition coefficient (Wildman–Crippen LogP) is 1.73. The topological polar surface area (TPSA) is 38.3 Å². The van der Waals surface area contributed by atoms with Crippen LogP contribution in [0.15, 0.2) is 24.3 Å². The molecular weight excluding hydrogens is 226 g/mol. The summed E-state index contributed by atoms with van der Waals surface area (Å²) in [5, 5.41) is 2.27. The smallest absolute Gasteiger partial charge is 0.237 e. The van der Waals surface area contributed by atoms with Crippen molar-refractivity contribution in [1.29, 1.82) is 0 Å². The van der Waals surface area contributed by atoms with Gasteiger partial charge in [-0.2, -0.15) is 0 Å². The van der Waals surface area contributed by atoms with E-state index in [0.717, 1.165) is 12.2 Å². The zero-order chi connectivity index (χ0) is 11.5. The average molecular weight is 240 g/mol. The summed E-state index contributed by atoms with van der Waals surface area (Å²) < 4.78 is 5.68. The van der Waals surface area contributed by atoms with Gasteiger partial charge in [-0.1, -0.05) is 18.2 Å². The van der Waals surface area contributed by atoms with Crippen molar-refractivity contribution in [3.05, 3.63) is 29.8 Å². The van der Waals surface area contributed by atoms with Gasteiger partial charge in [0.15, 0.2) is 0 Å². The molecular formula is C12H14ClNO2. The number of benzene rings is 1. The van der Waals surface area contributed by atoms with Gasteiger partial charge >= 0.3 is 0 Å². The Labute approximate surface area is 99.7 Å². The molecule has 0 fully saturated rings. The van der Waals surface area contributed by atoms with Crippen molar-refractivity contribution >= 4 is 17.5 Å². The van der Waals surface area contributed by atoms with E-state index in [0.29, 0.717) is 6.54 Å². The Morgan fingerprint density at radius 2 is 2.38 bits per heavy atom. The summed E-state index contributed by atoms with van der Waals surface area (Å²) in [6.07, 6.45) is 0.865. The number of rotatable bonds is 3. The molecule has 0 saturated carbocycles. The number of para-hydroxylation sites is 1. The van der Waals surface area contributed by atoms with Crippen LogP contribution in [0.4, 0.5) is 0 Å². The highest BCUT2D eigenvalue weighted by atomic mass is 35.5. The molecule has 1 amide bonds. The maximum absolute atomic E-state index is 11.3. The number of carbonyl (C=O) groups excluding carboxylic acids is 1. The number of ether oxygens (including phenoxy) is 1. The number of carbonyl (C=O) groups is 1. The summed E-state index contributed by atoms with van der Waals surface area (Å²) in [7, 11) is 0. The lowest BCUT2D eigenvalue weighted by Gasteiger charge is -2.12. The molecule has 1 aromatic rings. The fourth-order valence-electron chi connectivity index (χ4n) is 1.72. The highest BCUT2D eigenvalue weighted by Crippen LogP contribution is 2.27.